The Bertz CT molecular complexity index is 1340. The van der Waals surface area contributed by atoms with Crippen LogP contribution in [0.4, 0.5) is 23.0 Å². The van der Waals surface area contributed by atoms with E-state index in [0.29, 0.717) is 35.8 Å². The number of pyridine rings is 2. The van der Waals surface area contributed by atoms with Crippen LogP contribution in [0.25, 0.3) is 0 Å². The van der Waals surface area contributed by atoms with Gasteiger partial charge in [-0.15, -0.1) is 0 Å². The Hall–Kier alpha value is -3.66. The number of nitrogens with zero attached hydrogens (tertiary/aromatic N) is 3. The molecule has 178 valence electrons. The molecule has 0 radical (unpaired) electrons. The highest BCUT2D eigenvalue weighted by molar-refractivity contribution is 7.92. The third kappa shape index (κ3) is 4.81. The summed E-state index contributed by atoms with van der Waals surface area (Å²) >= 11 is 0. The summed E-state index contributed by atoms with van der Waals surface area (Å²) < 4.78 is 26.0. The van der Waals surface area contributed by atoms with E-state index in [0.717, 1.165) is 16.9 Å². The van der Waals surface area contributed by atoms with Gasteiger partial charge in [0.2, 0.25) is 10.0 Å². The van der Waals surface area contributed by atoms with Gasteiger partial charge >= 0.3 is 0 Å². The standard InChI is InChI=1S/C24H28N6O3S/c1-24(2)15-30(34(4,32)33)20-13-17(7-8-19(20)24)29-23(31)18-6-5-10-27-22(18)28-14-16-9-11-26-21(12-16)25-3/h5-13H,14-15H2,1-4H3,(H,25,26)(H,27,28)(H,29,31). The van der Waals surface area contributed by atoms with Crippen molar-refractivity contribution in [1.29, 1.82) is 0 Å². The number of aromatic nitrogens is 2. The molecule has 9 nitrogen and oxygen atoms in total. The molecular weight excluding hydrogens is 452 g/mol. The zero-order chi connectivity index (χ0) is 24.5. The highest BCUT2D eigenvalue weighted by atomic mass is 32.2. The predicted molar refractivity (Wildman–Crippen MR) is 135 cm³/mol. The van der Waals surface area contributed by atoms with Gasteiger partial charge in [0.15, 0.2) is 0 Å². The van der Waals surface area contributed by atoms with Gasteiger partial charge in [-0.05, 0) is 47.5 Å². The van der Waals surface area contributed by atoms with Crippen LogP contribution in [0.2, 0.25) is 0 Å². The summed E-state index contributed by atoms with van der Waals surface area (Å²) in [5, 5.41) is 9.09. The van der Waals surface area contributed by atoms with E-state index in [1.807, 2.05) is 32.0 Å². The largest absolute Gasteiger partial charge is 0.373 e. The molecule has 0 fully saturated rings. The maximum absolute atomic E-state index is 13.1. The van der Waals surface area contributed by atoms with Crippen LogP contribution in [0.15, 0.2) is 54.9 Å². The van der Waals surface area contributed by atoms with Gasteiger partial charge in [-0.2, -0.15) is 0 Å². The quantitative estimate of drug-likeness (QED) is 0.474. The number of benzene rings is 1. The lowest BCUT2D eigenvalue weighted by Gasteiger charge is -2.20. The first-order valence-corrected chi connectivity index (χ1v) is 12.7. The maximum atomic E-state index is 13.1. The SMILES string of the molecule is CNc1cc(CNc2ncccc2C(=O)Nc2ccc3c(c2)N(S(C)(=O)=O)CC3(C)C)ccn1. The summed E-state index contributed by atoms with van der Waals surface area (Å²) in [6.07, 6.45) is 4.52. The van der Waals surface area contributed by atoms with E-state index in [-0.39, 0.29) is 11.3 Å². The van der Waals surface area contributed by atoms with E-state index in [1.165, 1.54) is 10.6 Å². The number of carbonyl (C=O) groups excluding carboxylic acids is 1. The van der Waals surface area contributed by atoms with Gasteiger partial charge in [-0.1, -0.05) is 19.9 Å². The van der Waals surface area contributed by atoms with Crippen LogP contribution in [-0.2, 0) is 22.0 Å². The second-order valence-corrected chi connectivity index (χ2v) is 10.8. The van der Waals surface area contributed by atoms with Crippen LogP contribution in [0.3, 0.4) is 0 Å². The second kappa shape index (κ2) is 8.94. The Morgan fingerprint density at radius 3 is 2.65 bits per heavy atom. The molecule has 0 bridgehead atoms. The Labute approximate surface area is 199 Å². The second-order valence-electron chi connectivity index (χ2n) is 8.89. The molecule has 1 amide bonds. The Kier molecular flexibility index (Phi) is 6.18. The summed E-state index contributed by atoms with van der Waals surface area (Å²) in [4.78, 5) is 21.6. The molecule has 1 aromatic carbocycles. The van der Waals surface area contributed by atoms with Gasteiger partial charge in [0, 0.05) is 43.6 Å². The van der Waals surface area contributed by atoms with Crippen LogP contribution in [0, 0.1) is 0 Å². The Morgan fingerprint density at radius 1 is 1.12 bits per heavy atom. The van der Waals surface area contributed by atoms with Crippen molar-refractivity contribution in [1.82, 2.24) is 9.97 Å². The van der Waals surface area contributed by atoms with Crippen molar-refractivity contribution < 1.29 is 13.2 Å². The predicted octanol–water partition coefficient (Wildman–Crippen LogP) is 3.44. The molecule has 3 heterocycles. The molecule has 0 saturated carbocycles. The van der Waals surface area contributed by atoms with E-state index in [1.54, 1.807) is 43.7 Å². The van der Waals surface area contributed by atoms with E-state index in [4.69, 9.17) is 0 Å². The summed E-state index contributed by atoms with van der Waals surface area (Å²) in [6.45, 7) is 4.83. The topological polar surface area (TPSA) is 116 Å². The van der Waals surface area contributed by atoms with Gasteiger partial charge in [-0.25, -0.2) is 18.4 Å². The summed E-state index contributed by atoms with van der Waals surface area (Å²) in [6, 6.07) is 12.6. The van der Waals surface area contributed by atoms with Crippen molar-refractivity contribution in [2.24, 2.45) is 0 Å². The van der Waals surface area contributed by atoms with E-state index >= 15 is 0 Å². The zero-order valence-corrected chi connectivity index (χ0v) is 20.4. The number of sulfonamides is 1. The number of anilines is 4. The molecule has 3 aromatic rings. The Balaban J connectivity index is 1.55. The first-order valence-electron chi connectivity index (χ1n) is 10.8. The fraction of sp³-hybridized carbons (Fsp3) is 0.292. The molecule has 0 saturated heterocycles. The minimum Gasteiger partial charge on any atom is -0.373 e. The van der Waals surface area contributed by atoms with E-state index < -0.39 is 10.0 Å². The monoisotopic (exact) mass is 480 g/mol. The third-order valence-corrected chi connectivity index (χ3v) is 6.91. The summed E-state index contributed by atoms with van der Waals surface area (Å²) in [5.74, 6) is 0.855. The van der Waals surface area contributed by atoms with Gasteiger partial charge in [0.05, 0.1) is 17.5 Å². The fourth-order valence-corrected chi connectivity index (χ4v) is 5.11. The molecule has 1 aliphatic rings. The van der Waals surface area contributed by atoms with Gasteiger partial charge in [0.1, 0.15) is 11.6 Å². The number of carbonyl (C=O) groups is 1. The minimum absolute atomic E-state index is 0.318. The van der Waals surface area contributed by atoms with Crippen molar-refractivity contribution >= 4 is 38.9 Å². The van der Waals surface area contributed by atoms with Crippen molar-refractivity contribution in [3.63, 3.8) is 0 Å². The van der Waals surface area contributed by atoms with E-state index in [9.17, 15) is 13.2 Å². The molecule has 0 atom stereocenters. The lowest BCUT2D eigenvalue weighted by atomic mass is 9.87. The van der Waals surface area contributed by atoms with Gasteiger partial charge in [-0.3, -0.25) is 9.10 Å². The molecule has 3 N–H and O–H groups in total. The summed E-state index contributed by atoms with van der Waals surface area (Å²) in [7, 11) is -1.64. The minimum atomic E-state index is -3.44. The number of hydrogen-bond donors (Lipinski definition) is 3. The van der Waals surface area contributed by atoms with Crippen molar-refractivity contribution in [2.45, 2.75) is 25.8 Å². The molecule has 2 aromatic heterocycles. The average Bonchev–Trinajstić information content (AvgIpc) is 3.08. The van der Waals surface area contributed by atoms with Gasteiger partial charge in [0.25, 0.3) is 5.91 Å². The third-order valence-electron chi connectivity index (χ3n) is 5.79. The van der Waals surface area contributed by atoms with Crippen molar-refractivity contribution in [2.75, 3.05) is 40.1 Å². The van der Waals surface area contributed by atoms with Crippen LogP contribution < -0.4 is 20.3 Å². The number of hydrogen-bond acceptors (Lipinski definition) is 7. The highest BCUT2D eigenvalue weighted by Crippen LogP contribution is 2.43. The molecule has 4 rings (SSSR count). The van der Waals surface area contributed by atoms with Crippen LogP contribution in [0.5, 0.6) is 0 Å². The molecule has 1 aliphatic heterocycles. The number of amides is 1. The molecule has 0 unspecified atom stereocenters. The highest BCUT2D eigenvalue weighted by Gasteiger charge is 2.39. The number of fused-ring (bicyclic) bond motifs is 1. The van der Waals surface area contributed by atoms with Crippen LogP contribution in [0.1, 0.15) is 35.3 Å². The molecule has 0 aliphatic carbocycles. The molecule has 34 heavy (non-hydrogen) atoms. The Morgan fingerprint density at radius 2 is 1.91 bits per heavy atom. The fourth-order valence-electron chi connectivity index (χ4n) is 4.05. The lowest BCUT2D eigenvalue weighted by Crippen LogP contribution is -2.33. The normalized spacial score (nSPS) is 14.4. The van der Waals surface area contributed by atoms with Gasteiger partial charge < -0.3 is 16.0 Å². The van der Waals surface area contributed by atoms with Crippen molar-refractivity contribution in [3.05, 3.63) is 71.5 Å². The smallest absolute Gasteiger partial charge is 0.259 e. The molecule has 10 heteroatoms. The summed E-state index contributed by atoms with van der Waals surface area (Å²) in [5.41, 5.74) is 3.08. The number of nitrogens with one attached hydrogen (secondary N) is 3. The molecular formula is C24H28N6O3S. The number of rotatable bonds is 7. The van der Waals surface area contributed by atoms with Crippen LogP contribution in [-0.4, -0.2) is 44.1 Å². The maximum Gasteiger partial charge on any atom is 0.259 e. The van der Waals surface area contributed by atoms with Crippen molar-refractivity contribution in [3.8, 4) is 0 Å². The zero-order valence-electron chi connectivity index (χ0n) is 19.6. The lowest BCUT2D eigenvalue weighted by molar-refractivity contribution is 0.102. The average molecular weight is 481 g/mol. The van der Waals surface area contributed by atoms with Crippen LogP contribution >= 0.6 is 0 Å². The van der Waals surface area contributed by atoms with E-state index in [2.05, 4.69) is 25.9 Å². The first-order chi connectivity index (χ1) is 16.1. The first kappa shape index (κ1) is 23.5. The molecule has 0 spiro atoms.